The molecular weight excluding hydrogens is 299 g/mol. The molecule has 4 heteroatoms. The van der Waals surface area contributed by atoms with E-state index in [1.165, 1.54) is 12.1 Å². The smallest absolute Gasteiger partial charge is 0.253 e. The van der Waals surface area contributed by atoms with Gasteiger partial charge in [0.1, 0.15) is 0 Å². The highest BCUT2D eigenvalue weighted by Gasteiger charge is 2.33. The number of hydrogen-bond acceptors (Lipinski definition) is 1. The molecule has 3 aromatic carbocycles. The number of alkyl halides is 3. The Morgan fingerprint density at radius 2 is 1.48 bits per heavy atom. The molecule has 3 aromatic rings. The standard InChI is InChI=1S/C19H14F3N/c1-13(15-11-10-14-6-2-3-7-16(14)12-15)23-18-9-5-4-8-17(18)19(20,21)22/h2-12H,1H3. The van der Waals surface area contributed by atoms with Crippen LogP contribution in [0.5, 0.6) is 0 Å². The Balaban J connectivity index is 2.05. The number of aliphatic imine (C=N–C) groups is 1. The molecule has 0 N–H and O–H groups in total. The molecule has 3 rings (SSSR count). The van der Waals surface area contributed by atoms with Gasteiger partial charge in [0.2, 0.25) is 0 Å². The Kier molecular flexibility index (Phi) is 3.90. The molecule has 0 aromatic heterocycles. The number of nitrogens with zero attached hydrogens (tertiary/aromatic N) is 1. The van der Waals surface area contributed by atoms with Crippen LogP contribution in [-0.4, -0.2) is 5.71 Å². The van der Waals surface area contributed by atoms with Gasteiger partial charge in [0.25, 0.3) is 0 Å². The molecule has 0 heterocycles. The van der Waals surface area contributed by atoms with E-state index in [1.54, 1.807) is 13.0 Å². The number of benzene rings is 3. The van der Waals surface area contributed by atoms with Crippen molar-refractivity contribution in [2.45, 2.75) is 13.1 Å². The average molecular weight is 313 g/mol. The van der Waals surface area contributed by atoms with Crippen LogP contribution >= 0.6 is 0 Å². The van der Waals surface area contributed by atoms with E-state index >= 15 is 0 Å². The van der Waals surface area contributed by atoms with E-state index in [-0.39, 0.29) is 5.69 Å². The van der Waals surface area contributed by atoms with Gasteiger partial charge in [-0.1, -0.05) is 48.5 Å². The van der Waals surface area contributed by atoms with E-state index in [0.29, 0.717) is 5.71 Å². The molecule has 0 saturated carbocycles. The van der Waals surface area contributed by atoms with Crippen molar-refractivity contribution in [3.63, 3.8) is 0 Å². The van der Waals surface area contributed by atoms with Gasteiger partial charge in [-0.2, -0.15) is 13.2 Å². The zero-order chi connectivity index (χ0) is 16.4. The maximum atomic E-state index is 13.0. The van der Waals surface area contributed by atoms with Crippen LogP contribution in [0.3, 0.4) is 0 Å². The largest absolute Gasteiger partial charge is 0.418 e. The summed E-state index contributed by atoms with van der Waals surface area (Å²) in [5.74, 6) is 0. The van der Waals surface area contributed by atoms with Gasteiger partial charge in [-0.25, -0.2) is 0 Å². The third-order valence-corrected chi connectivity index (χ3v) is 3.66. The van der Waals surface area contributed by atoms with Crippen molar-refractivity contribution in [3.05, 3.63) is 77.9 Å². The first-order valence-corrected chi connectivity index (χ1v) is 7.16. The van der Waals surface area contributed by atoms with Gasteiger partial charge in [0.15, 0.2) is 0 Å². The molecule has 0 aliphatic rings. The summed E-state index contributed by atoms with van der Waals surface area (Å²) in [4.78, 5) is 4.20. The summed E-state index contributed by atoms with van der Waals surface area (Å²) in [6, 6.07) is 18.9. The van der Waals surface area contributed by atoms with E-state index in [1.807, 2.05) is 42.5 Å². The van der Waals surface area contributed by atoms with Crippen LogP contribution in [0.25, 0.3) is 10.8 Å². The van der Waals surface area contributed by atoms with Crippen molar-refractivity contribution < 1.29 is 13.2 Å². The SMILES string of the molecule is CC(=Nc1ccccc1C(F)(F)F)c1ccc2ccccc2c1. The molecule has 23 heavy (non-hydrogen) atoms. The van der Waals surface area contributed by atoms with Crippen LogP contribution in [-0.2, 0) is 6.18 Å². The maximum absolute atomic E-state index is 13.0. The van der Waals surface area contributed by atoms with E-state index in [9.17, 15) is 13.2 Å². The maximum Gasteiger partial charge on any atom is 0.418 e. The molecule has 1 nitrogen and oxygen atoms in total. The fourth-order valence-electron chi connectivity index (χ4n) is 2.47. The molecule has 0 saturated heterocycles. The zero-order valence-electron chi connectivity index (χ0n) is 12.4. The van der Waals surface area contributed by atoms with Gasteiger partial charge >= 0.3 is 6.18 Å². The van der Waals surface area contributed by atoms with Gasteiger partial charge in [0, 0.05) is 5.71 Å². The number of para-hydroxylation sites is 1. The van der Waals surface area contributed by atoms with Crippen LogP contribution in [0.2, 0.25) is 0 Å². The predicted octanol–water partition coefficient (Wildman–Crippen LogP) is 6.00. The number of hydrogen-bond donors (Lipinski definition) is 0. The molecule has 116 valence electrons. The van der Waals surface area contributed by atoms with Crippen LogP contribution in [0.15, 0.2) is 71.7 Å². The van der Waals surface area contributed by atoms with E-state index in [4.69, 9.17) is 0 Å². The highest BCUT2D eigenvalue weighted by molar-refractivity contribution is 6.03. The first-order valence-electron chi connectivity index (χ1n) is 7.16. The normalized spacial score (nSPS) is 12.6. The second-order valence-electron chi connectivity index (χ2n) is 5.27. The summed E-state index contributed by atoms with van der Waals surface area (Å²) in [5, 5.41) is 2.11. The van der Waals surface area contributed by atoms with Crippen LogP contribution < -0.4 is 0 Å². The van der Waals surface area contributed by atoms with Crippen LogP contribution in [0, 0.1) is 0 Å². The third kappa shape index (κ3) is 3.26. The van der Waals surface area contributed by atoms with Gasteiger partial charge in [0.05, 0.1) is 11.3 Å². The molecule has 0 fully saturated rings. The quantitative estimate of drug-likeness (QED) is 0.515. The van der Waals surface area contributed by atoms with Crippen LogP contribution in [0.1, 0.15) is 18.1 Å². The topological polar surface area (TPSA) is 12.4 Å². The van der Waals surface area contributed by atoms with Gasteiger partial charge in [-0.05, 0) is 41.5 Å². The number of fused-ring (bicyclic) bond motifs is 1. The lowest BCUT2D eigenvalue weighted by molar-refractivity contribution is -0.137. The van der Waals surface area contributed by atoms with Crippen molar-refractivity contribution in [2.24, 2.45) is 4.99 Å². The molecule has 0 unspecified atom stereocenters. The average Bonchev–Trinajstić information content (AvgIpc) is 2.54. The molecule has 0 spiro atoms. The summed E-state index contributed by atoms with van der Waals surface area (Å²) in [6.45, 7) is 1.72. The fourth-order valence-corrected chi connectivity index (χ4v) is 2.47. The lowest BCUT2D eigenvalue weighted by Gasteiger charge is -2.10. The van der Waals surface area contributed by atoms with Gasteiger partial charge < -0.3 is 0 Å². The zero-order valence-corrected chi connectivity index (χ0v) is 12.4. The summed E-state index contributed by atoms with van der Waals surface area (Å²) >= 11 is 0. The first kappa shape index (κ1) is 15.3. The molecule has 0 radical (unpaired) electrons. The van der Waals surface area contributed by atoms with Crippen molar-refractivity contribution in [3.8, 4) is 0 Å². The minimum Gasteiger partial charge on any atom is -0.253 e. The molecule has 0 atom stereocenters. The van der Waals surface area contributed by atoms with E-state index in [2.05, 4.69) is 4.99 Å². The monoisotopic (exact) mass is 313 g/mol. The summed E-state index contributed by atoms with van der Waals surface area (Å²) in [5.41, 5.74) is 0.568. The van der Waals surface area contributed by atoms with Crippen molar-refractivity contribution in [2.75, 3.05) is 0 Å². The predicted molar refractivity (Wildman–Crippen MR) is 87.3 cm³/mol. The third-order valence-electron chi connectivity index (χ3n) is 3.66. The second-order valence-corrected chi connectivity index (χ2v) is 5.27. The Morgan fingerprint density at radius 1 is 0.826 bits per heavy atom. The number of halogens is 3. The van der Waals surface area contributed by atoms with Crippen molar-refractivity contribution >= 4 is 22.2 Å². The Morgan fingerprint density at radius 3 is 2.22 bits per heavy atom. The molecule has 0 aliphatic carbocycles. The van der Waals surface area contributed by atoms with Crippen molar-refractivity contribution in [1.29, 1.82) is 0 Å². The van der Waals surface area contributed by atoms with Crippen LogP contribution in [0.4, 0.5) is 18.9 Å². The number of rotatable bonds is 2. The summed E-state index contributed by atoms with van der Waals surface area (Å²) < 4.78 is 39.1. The second kappa shape index (κ2) is 5.88. The lowest BCUT2D eigenvalue weighted by atomic mass is 10.0. The Hall–Kier alpha value is -2.62. The van der Waals surface area contributed by atoms with E-state index < -0.39 is 11.7 Å². The molecule has 0 aliphatic heterocycles. The highest BCUT2D eigenvalue weighted by atomic mass is 19.4. The van der Waals surface area contributed by atoms with Crippen molar-refractivity contribution in [1.82, 2.24) is 0 Å². The lowest BCUT2D eigenvalue weighted by Crippen LogP contribution is -2.05. The Labute approximate surface area is 132 Å². The fraction of sp³-hybridized carbons (Fsp3) is 0.105. The minimum atomic E-state index is -4.41. The first-order chi connectivity index (χ1) is 10.9. The Bertz CT molecular complexity index is 879. The molecule has 0 amide bonds. The van der Waals surface area contributed by atoms with E-state index in [0.717, 1.165) is 22.4 Å². The molecular formula is C19H14F3N. The van der Waals surface area contributed by atoms with Gasteiger partial charge in [-0.15, -0.1) is 0 Å². The summed E-state index contributed by atoms with van der Waals surface area (Å²) in [6.07, 6.45) is -4.41. The highest BCUT2D eigenvalue weighted by Crippen LogP contribution is 2.36. The minimum absolute atomic E-state index is 0.0642. The van der Waals surface area contributed by atoms with Gasteiger partial charge in [-0.3, -0.25) is 4.99 Å². The summed E-state index contributed by atoms with van der Waals surface area (Å²) in [7, 11) is 0. The molecule has 0 bridgehead atoms.